The molecule has 5 heteroatoms. The fourth-order valence-corrected chi connectivity index (χ4v) is 1.65. The smallest absolute Gasteiger partial charge is 0.226 e. The lowest BCUT2D eigenvalue weighted by atomic mass is 10.1. The highest BCUT2D eigenvalue weighted by Gasteiger charge is 2.08. The van der Waals surface area contributed by atoms with Crippen LogP contribution in [0.1, 0.15) is 38.8 Å². The maximum atomic E-state index is 5.58. The third kappa shape index (κ3) is 4.87. The lowest BCUT2D eigenvalue weighted by Crippen LogP contribution is -2.23. The largest absolute Gasteiger partial charge is 0.478 e. The topological polar surface area (TPSA) is 73.1 Å². The molecule has 0 aromatic carbocycles. The molecule has 1 aromatic rings. The van der Waals surface area contributed by atoms with Crippen LogP contribution in [-0.4, -0.2) is 29.2 Å². The highest BCUT2D eigenvalue weighted by Crippen LogP contribution is 2.14. The van der Waals surface area contributed by atoms with E-state index >= 15 is 0 Å². The molecule has 18 heavy (non-hydrogen) atoms. The molecule has 3 N–H and O–H groups in total. The van der Waals surface area contributed by atoms with E-state index in [1.807, 2.05) is 13.0 Å². The number of nitrogens with zero attached hydrogens (tertiary/aromatic N) is 2. The van der Waals surface area contributed by atoms with Gasteiger partial charge in [-0.1, -0.05) is 13.8 Å². The van der Waals surface area contributed by atoms with Crippen molar-refractivity contribution in [2.45, 2.75) is 46.1 Å². The Bertz CT molecular complexity index is 357. The Morgan fingerprint density at radius 2 is 2.17 bits per heavy atom. The fourth-order valence-electron chi connectivity index (χ4n) is 1.65. The molecule has 1 rings (SSSR count). The van der Waals surface area contributed by atoms with Crippen molar-refractivity contribution in [2.24, 2.45) is 5.73 Å². The number of aromatic nitrogens is 2. The molecular weight excluding hydrogens is 228 g/mol. The van der Waals surface area contributed by atoms with Crippen LogP contribution in [0.2, 0.25) is 0 Å². The summed E-state index contributed by atoms with van der Waals surface area (Å²) in [6.07, 6.45) is 2.88. The Morgan fingerprint density at radius 1 is 1.39 bits per heavy atom. The number of nitrogens with one attached hydrogen (secondary N) is 1. The molecule has 102 valence electrons. The maximum Gasteiger partial charge on any atom is 0.226 e. The predicted molar refractivity (Wildman–Crippen MR) is 73.9 cm³/mol. The molecule has 0 amide bonds. The van der Waals surface area contributed by atoms with Gasteiger partial charge < -0.3 is 15.8 Å². The molecule has 0 spiro atoms. The first-order valence-corrected chi connectivity index (χ1v) is 6.64. The van der Waals surface area contributed by atoms with Crippen LogP contribution in [0.3, 0.4) is 0 Å². The fraction of sp³-hybridized carbons (Fsp3) is 0.692. The first kappa shape index (κ1) is 14.7. The zero-order valence-electron chi connectivity index (χ0n) is 11.6. The van der Waals surface area contributed by atoms with Gasteiger partial charge in [-0.05, 0) is 32.7 Å². The van der Waals surface area contributed by atoms with Crippen molar-refractivity contribution < 1.29 is 4.74 Å². The van der Waals surface area contributed by atoms with Crippen molar-refractivity contribution in [1.29, 1.82) is 0 Å². The summed E-state index contributed by atoms with van der Waals surface area (Å²) in [4.78, 5) is 8.72. The molecule has 0 aliphatic heterocycles. The van der Waals surface area contributed by atoms with E-state index in [9.17, 15) is 0 Å². The average Bonchev–Trinajstić information content (AvgIpc) is 2.35. The normalized spacial score (nSPS) is 12.2. The number of anilines is 1. The first-order valence-electron chi connectivity index (χ1n) is 6.64. The van der Waals surface area contributed by atoms with E-state index in [0.717, 1.165) is 25.0 Å². The van der Waals surface area contributed by atoms with Gasteiger partial charge in [-0.25, -0.2) is 4.98 Å². The third-order valence-electron chi connectivity index (χ3n) is 2.63. The van der Waals surface area contributed by atoms with Gasteiger partial charge in [-0.2, -0.15) is 4.98 Å². The number of ether oxygens (including phenoxy) is 1. The minimum absolute atomic E-state index is 0.316. The Morgan fingerprint density at radius 3 is 2.78 bits per heavy atom. The highest BCUT2D eigenvalue weighted by molar-refractivity contribution is 5.31. The lowest BCUT2D eigenvalue weighted by Gasteiger charge is -2.16. The summed E-state index contributed by atoms with van der Waals surface area (Å²) < 4.78 is 5.54. The summed E-state index contributed by atoms with van der Waals surface area (Å²) in [6.45, 7) is 7.47. The second-order valence-electron chi connectivity index (χ2n) is 4.35. The molecule has 0 radical (unpaired) electrons. The van der Waals surface area contributed by atoms with Crippen LogP contribution >= 0.6 is 0 Å². The van der Waals surface area contributed by atoms with E-state index in [1.165, 1.54) is 0 Å². The standard InChI is InChI=1S/C13H24N4O/c1-4-8-18-12-9-10(3)15-13(17-12)16-11(5-2)6-7-14/h9,11H,4-8,14H2,1-3H3,(H,15,16,17). The summed E-state index contributed by atoms with van der Waals surface area (Å²) in [7, 11) is 0. The summed E-state index contributed by atoms with van der Waals surface area (Å²) in [5, 5.41) is 3.31. The summed E-state index contributed by atoms with van der Waals surface area (Å²) in [5.74, 6) is 1.26. The molecule has 1 atom stereocenters. The van der Waals surface area contributed by atoms with Crippen LogP contribution in [-0.2, 0) is 0 Å². The van der Waals surface area contributed by atoms with Gasteiger partial charge in [-0.3, -0.25) is 0 Å². The minimum atomic E-state index is 0.316. The second kappa shape index (κ2) is 7.87. The number of aryl methyl sites for hydroxylation is 1. The van der Waals surface area contributed by atoms with Crippen LogP contribution < -0.4 is 15.8 Å². The van der Waals surface area contributed by atoms with E-state index in [2.05, 4.69) is 29.1 Å². The van der Waals surface area contributed by atoms with Gasteiger partial charge in [0.05, 0.1) is 6.61 Å². The van der Waals surface area contributed by atoms with Gasteiger partial charge in [0.25, 0.3) is 0 Å². The van der Waals surface area contributed by atoms with Crippen molar-refractivity contribution in [1.82, 2.24) is 9.97 Å². The van der Waals surface area contributed by atoms with Gasteiger partial charge >= 0.3 is 0 Å². The van der Waals surface area contributed by atoms with Gasteiger partial charge in [0.1, 0.15) is 0 Å². The van der Waals surface area contributed by atoms with E-state index in [1.54, 1.807) is 0 Å². The molecule has 1 aromatic heterocycles. The van der Waals surface area contributed by atoms with E-state index in [4.69, 9.17) is 10.5 Å². The Balaban J connectivity index is 2.71. The van der Waals surface area contributed by atoms with Crippen LogP contribution in [0, 0.1) is 6.92 Å². The van der Waals surface area contributed by atoms with Gasteiger partial charge in [0, 0.05) is 17.8 Å². The zero-order chi connectivity index (χ0) is 13.4. The summed E-state index contributed by atoms with van der Waals surface area (Å²) >= 11 is 0. The Kier molecular flexibility index (Phi) is 6.43. The molecular formula is C13H24N4O. The molecule has 0 aliphatic carbocycles. The SMILES string of the molecule is CCCOc1cc(C)nc(NC(CC)CCN)n1. The molecule has 1 heterocycles. The van der Waals surface area contributed by atoms with E-state index in [-0.39, 0.29) is 0 Å². The van der Waals surface area contributed by atoms with Crippen molar-refractivity contribution in [3.05, 3.63) is 11.8 Å². The maximum absolute atomic E-state index is 5.58. The number of rotatable bonds is 8. The van der Waals surface area contributed by atoms with Crippen LogP contribution in [0.5, 0.6) is 5.88 Å². The first-order chi connectivity index (χ1) is 8.69. The quantitative estimate of drug-likeness (QED) is 0.741. The molecule has 0 aliphatic rings. The molecule has 0 saturated heterocycles. The van der Waals surface area contributed by atoms with Gasteiger partial charge in [0.15, 0.2) is 0 Å². The van der Waals surface area contributed by atoms with E-state index in [0.29, 0.717) is 31.0 Å². The van der Waals surface area contributed by atoms with Crippen molar-refractivity contribution >= 4 is 5.95 Å². The summed E-state index contributed by atoms with van der Waals surface area (Å²) in [6, 6.07) is 2.17. The van der Waals surface area contributed by atoms with Crippen LogP contribution in [0.4, 0.5) is 5.95 Å². The van der Waals surface area contributed by atoms with Crippen molar-refractivity contribution in [2.75, 3.05) is 18.5 Å². The lowest BCUT2D eigenvalue weighted by molar-refractivity contribution is 0.304. The predicted octanol–water partition coefficient (Wildman–Crippen LogP) is 2.11. The Labute approximate surface area is 109 Å². The van der Waals surface area contributed by atoms with Gasteiger partial charge in [-0.15, -0.1) is 0 Å². The summed E-state index contributed by atoms with van der Waals surface area (Å²) in [5.41, 5.74) is 6.48. The van der Waals surface area contributed by atoms with Crippen molar-refractivity contribution in [3.63, 3.8) is 0 Å². The minimum Gasteiger partial charge on any atom is -0.478 e. The molecule has 0 bridgehead atoms. The number of hydrogen-bond acceptors (Lipinski definition) is 5. The second-order valence-corrected chi connectivity index (χ2v) is 4.35. The molecule has 0 saturated carbocycles. The third-order valence-corrected chi connectivity index (χ3v) is 2.63. The Hall–Kier alpha value is -1.36. The highest BCUT2D eigenvalue weighted by atomic mass is 16.5. The van der Waals surface area contributed by atoms with Gasteiger partial charge in [0.2, 0.25) is 11.8 Å². The van der Waals surface area contributed by atoms with E-state index < -0.39 is 0 Å². The van der Waals surface area contributed by atoms with Crippen molar-refractivity contribution in [3.8, 4) is 5.88 Å². The number of nitrogens with two attached hydrogens (primary N) is 1. The zero-order valence-corrected chi connectivity index (χ0v) is 11.6. The van der Waals surface area contributed by atoms with Crippen LogP contribution in [0.25, 0.3) is 0 Å². The number of hydrogen-bond donors (Lipinski definition) is 2. The average molecular weight is 252 g/mol. The van der Waals surface area contributed by atoms with Crippen LogP contribution in [0.15, 0.2) is 6.07 Å². The molecule has 5 nitrogen and oxygen atoms in total. The molecule has 0 fully saturated rings. The monoisotopic (exact) mass is 252 g/mol. The molecule has 1 unspecified atom stereocenters.